The molecule has 0 aliphatic heterocycles. The molecule has 6 heterocycles. The van der Waals surface area contributed by atoms with Gasteiger partial charge in [0.25, 0.3) is 0 Å². The van der Waals surface area contributed by atoms with E-state index in [9.17, 15) is 44.1 Å². The first-order valence-electron chi connectivity index (χ1n) is 34.1. The van der Waals surface area contributed by atoms with Gasteiger partial charge in [0.15, 0.2) is 17.9 Å². The molecule has 0 saturated heterocycles. The lowest BCUT2D eigenvalue weighted by molar-refractivity contribution is -0.142. The zero-order valence-electron chi connectivity index (χ0n) is 57.4. The molecule has 0 aliphatic rings. The Morgan fingerprint density at radius 1 is 0.419 bits per heavy atom. The number of amides is 3. The van der Waals surface area contributed by atoms with Gasteiger partial charge >= 0.3 is 17.9 Å². The number of nitrogens with zero attached hydrogens (tertiary/aromatic N) is 9. The Hall–Kier alpha value is -12.6. The van der Waals surface area contributed by atoms with Crippen molar-refractivity contribution in [3.63, 3.8) is 0 Å². The normalized spacial score (nSPS) is 13.1. The fourth-order valence-corrected chi connectivity index (χ4v) is 12.4. The first kappa shape index (κ1) is 75.1. The van der Waals surface area contributed by atoms with Crippen LogP contribution in [0, 0.1) is 16.2 Å². The number of nitrogens with one attached hydrogen (secondary N) is 15. The minimum atomic E-state index is -1.23. The summed E-state index contributed by atoms with van der Waals surface area (Å²) in [6.07, 6.45) is 12.4. The first-order chi connectivity index (χ1) is 50.7. The highest BCUT2D eigenvalue weighted by molar-refractivity contribution is 5.91. The van der Waals surface area contributed by atoms with Crippen molar-refractivity contribution in [2.45, 2.75) is 133 Å². The van der Waals surface area contributed by atoms with E-state index < -0.39 is 71.9 Å². The maximum absolute atomic E-state index is 14.1. The van der Waals surface area contributed by atoms with Crippen LogP contribution in [0.25, 0.3) is 32.7 Å². The Balaban J connectivity index is 0.878. The molecule has 0 radical (unpaired) electrons. The van der Waals surface area contributed by atoms with Gasteiger partial charge < -0.3 is 79.4 Å². The fourth-order valence-electron chi connectivity index (χ4n) is 12.4. The predicted octanol–water partition coefficient (Wildman–Crippen LogP) is 0.651. The molecular weight excluding hydrogens is 1350 g/mol. The van der Waals surface area contributed by atoms with Crippen molar-refractivity contribution in [2.75, 3.05) is 19.6 Å². The van der Waals surface area contributed by atoms with Gasteiger partial charge in [-0.2, -0.15) is 0 Å². The van der Waals surface area contributed by atoms with Gasteiger partial charge in [-0.15, -0.1) is 15.3 Å². The van der Waals surface area contributed by atoms with E-state index in [0.29, 0.717) is 36.3 Å². The summed E-state index contributed by atoms with van der Waals surface area (Å²) in [5.74, 6) is -6.04. The second-order valence-corrected chi connectivity index (χ2v) is 25.5. The van der Waals surface area contributed by atoms with Crippen molar-refractivity contribution in [3.05, 3.63) is 179 Å². The predicted molar refractivity (Wildman–Crippen MR) is 388 cm³/mol. The van der Waals surface area contributed by atoms with Crippen molar-refractivity contribution >= 4 is 86.2 Å². The summed E-state index contributed by atoms with van der Waals surface area (Å²) in [7, 11) is 0. The van der Waals surface area contributed by atoms with Crippen LogP contribution in [0.1, 0.15) is 89.0 Å². The average molecular weight is 1440 g/mol. The number of carbonyl (C=O) groups excluding carboxylic acids is 3. The van der Waals surface area contributed by atoms with Crippen molar-refractivity contribution in [1.29, 1.82) is 16.2 Å². The van der Waals surface area contributed by atoms with Crippen LogP contribution in [-0.4, -0.2) is 185 Å². The number of carboxylic acids is 3. The van der Waals surface area contributed by atoms with Crippen LogP contribution in [0.15, 0.2) is 128 Å². The van der Waals surface area contributed by atoms with Crippen molar-refractivity contribution in [1.82, 2.24) is 108 Å². The van der Waals surface area contributed by atoms with E-state index in [1.807, 2.05) is 110 Å². The third-order valence-electron chi connectivity index (χ3n) is 17.5. The van der Waals surface area contributed by atoms with Gasteiger partial charge in [-0.1, -0.05) is 88.4 Å². The van der Waals surface area contributed by atoms with E-state index >= 15 is 0 Å². The molecule has 24 N–H and O–H groups in total. The second-order valence-electron chi connectivity index (χ2n) is 25.5. The second kappa shape index (κ2) is 36.3. The van der Waals surface area contributed by atoms with Crippen LogP contribution in [0.3, 0.4) is 0 Å². The van der Waals surface area contributed by atoms with Crippen LogP contribution in [-0.2, 0) is 87.3 Å². The van der Waals surface area contributed by atoms with Crippen LogP contribution in [0.5, 0.6) is 0 Å². The summed E-state index contributed by atoms with van der Waals surface area (Å²) >= 11 is 0. The van der Waals surface area contributed by atoms with Gasteiger partial charge in [0, 0.05) is 90.6 Å². The third kappa shape index (κ3) is 22.0. The molecule has 6 atom stereocenters. The third-order valence-corrected chi connectivity index (χ3v) is 17.5. The quantitative estimate of drug-likeness (QED) is 0.0142. The molecular formula is C69H87N27O9. The molecule has 3 amide bonds. The van der Waals surface area contributed by atoms with Crippen molar-refractivity contribution < 1.29 is 44.1 Å². The van der Waals surface area contributed by atoms with E-state index in [0.717, 1.165) is 66.1 Å². The zero-order chi connectivity index (χ0) is 74.4. The summed E-state index contributed by atoms with van der Waals surface area (Å²) in [5.41, 5.74) is 25.1. The maximum atomic E-state index is 14.1. The van der Waals surface area contributed by atoms with Gasteiger partial charge in [-0.3, -0.25) is 46.6 Å². The summed E-state index contributed by atoms with van der Waals surface area (Å²) < 4.78 is 4.93. The Bertz CT molecular complexity index is 4200. The number of rotatable bonds is 42. The molecule has 6 aromatic heterocycles. The Kier molecular flexibility index (Phi) is 26.0. The largest absolute Gasteiger partial charge is 0.480 e. The number of carboxylic acid groups (broad SMARTS) is 3. The minimum absolute atomic E-state index is 0.0653. The number of aromatic amines is 3. The molecule has 10 aromatic rings. The molecule has 36 nitrogen and oxygen atoms in total. The average Bonchev–Trinajstić information content (AvgIpc) is 1.70. The van der Waals surface area contributed by atoms with Crippen molar-refractivity contribution in [3.8, 4) is 0 Å². The number of H-pyrrole nitrogens is 3. The topological polar surface area (TPSA) is 560 Å². The lowest BCUT2D eigenvalue weighted by Gasteiger charge is -2.21. The minimum Gasteiger partial charge on any atom is -0.480 e. The smallest absolute Gasteiger partial charge is 0.326 e. The van der Waals surface area contributed by atoms with E-state index in [1.165, 1.54) is 0 Å². The number of hydrogen-bond donors (Lipinski definition) is 21. The summed E-state index contributed by atoms with van der Waals surface area (Å²) in [5, 5.41) is 108. The number of hydrogen-bond acceptors (Lipinski definition) is 18. The highest BCUT2D eigenvalue weighted by Crippen LogP contribution is 2.24. The van der Waals surface area contributed by atoms with Gasteiger partial charge in [0.1, 0.15) is 18.1 Å². The summed E-state index contributed by atoms with van der Waals surface area (Å²) in [4.78, 5) is 89.4. The van der Waals surface area contributed by atoms with Gasteiger partial charge in [0.05, 0.1) is 73.4 Å². The van der Waals surface area contributed by atoms with Crippen LogP contribution in [0.2, 0.25) is 0 Å². The monoisotopic (exact) mass is 1440 g/mol. The summed E-state index contributed by atoms with van der Waals surface area (Å²) in [6, 6.07) is 22.4. The molecule has 0 saturated carbocycles. The van der Waals surface area contributed by atoms with E-state index in [2.05, 4.69) is 93.7 Å². The molecule has 36 heteroatoms. The van der Waals surface area contributed by atoms with Crippen molar-refractivity contribution in [2.24, 2.45) is 17.2 Å². The Morgan fingerprint density at radius 3 is 0.962 bits per heavy atom. The lowest BCUT2D eigenvalue weighted by Crippen LogP contribution is -2.51. The molecule has 0 bridgehead atoms. The van der Waals surface area contributed by atoms with E-state index in [1.54, 1.807) is 32.6 Å². The number of aromatic nitrogens is 12. The Labute approximate surface area is 600 Å². The highest BCUT2D eigenvalue weighted by atomic mass is 16.4. The summed E-state index contributed by atoms with van der Waals surface area (Å²) in [6.45, 7) is 1.55. The lowest BCUT2D eigenvalue weighted by atomic mass is 10.0. The molecule has 0 unspecified atom stereocenters. The molecule has 10 rings (SSSR count). The van der Waals surface area contributed by atoms with Gasteiger partial charge in [-0.05, 0) is 109 Å². The number of para-hydroxylation sites is 3. The molecule has 552 valence electrons. The van der Waals surface area contributed by atoms with E-state index in [-0.39, 0.29) is 115 Å². The molecule has 4 aromatic carbocycles. The number of benzene rings is 4. The number of aliphatic carboxylic acids is 3. The molecule has 0 aliphatic carbocycles. The van der Waals surface area contributed by atoms with Crippen LogP contribution in [0.4, 0.5) is 0 Å². The standard InChI is InChI=1S/C69H87N27O9/c70-67(71)76-19-7-16-55(64(100)101)85-61(97)58(25-43-28-79-52-13-4-1-10-49(43)52)82-31-46-37-94(91-88-46)34-40-22-41(35-95-38-47(89-92-95)32-83-59(26-44-29-80-53-14-5-2-11-50(44)53)62(98)86-56(65(102)103)17-8-20-77-68(72)73)24-42(23-40)36-96-39-48(90-93-96)33-84-60(27-45-30-81-54-15-6-3-12-51(45)54)63(99)87-57(66(104)105)18-9-21-78-69(74)75/h1-6,10-15,22-24,28-30,37-39,55-60,79-84H,7-9,16-21,25-27,31-36H2,(H,85,97)(H,86,98)(H,87,99)(H,100,101)(H,102,103)(H,104,105)(H4,70,71,76)(H4,72,73,77)(H4,74,75,78)/t55-,56-,57-,58-,59-,60-/m0/s1. The van der Waals surface area contributed by atoms with Gasteiger partial charge in [0.2, 0.25) is 17.7 Å². The number of carbonyl (C=O) groups is 6. The number of fused-ring (bicyclic) bond motifs is 3. The van der Waals surface area contributed by atoms with Gasteiger partial charge in [-0.25, -0.2) is 28.4 Å². The molecule has 0 fully saturated rings. The first-order valence-corrected chi connectivity index (χ1v) is 34.1. The zero-order valence-corrected chi connectivity index (χ0v) is 57.4. The SMILES string of the molecule is N=C(N)NCCC[C@H](NC(=O)[C@H](Cc1c[nH]c2ccccc12)NCc1cn(Cc2cc(Cn3cc(CN[C@@H](Cc4c[nH]c5ccccc45)C(=O)N[C@@H](CCCNC(=N)N)C(=O)O)nn3)cc(Cn3cc(CN[C@@H](Cc4c[nH]c5ccccc45)C(=O)N[C@@H](CCCNC(=N)N)C(=O)O)nn3)c2)nn1)C(=O)O. The maximum Gasteiger partial charge on any atom is 0.326 e. The Morgan fingerprint density at radius 2 is 0.695 bits per heavy atom. The number of nitrogens with two attached hydrogens (primary N) is 3. The number of guanidine groups is 3. The highest BCUT2D eigenvalue weighted by Gasteiger charge is 2.30. The molecule has 0 spiro atoms. The van der Waals surface area contributed by atoms with Crippen LogP contribution < -0.4 is 65.1 Å². The fraction of sp³-hybridized carbons (Fsp3) is 0.348. The van der Waals surface area contributed by atoms with Crippen LogP contribution >= 0.6 is 0 Å². The molecule has 105 heavy (non-hydrogen) atoms. The van der Waals surface area contributed by atoms with E-state index in [4.69, 9.17) is 33.4 Å².